The molecular weight excluding hydrogens is 206 g/mol. The lowest BCUT2D eigenvalue weighted by atomic mass is 10.2. The number of anilines is 1. The van der Waals surface area contributed by atoms with Gasteiger partial charge in [0.2, 0.25) is 0 Å². The minimum absolute atomic E-state index is 0.236. The van der Waals surface area contributed by atoms with Crippen LogP contribution in [0.15, 0.2) is 12.1 Å². The van der Waals surface area contributed by atoms with Gasteiger partial charge in [-0.15, -0.1) is 0 Å². The Kier molecular flexibility index (Phi) is 3.19. The fraction of sp³-hybridized carbons (Fsp3) is 0.222. The molecule has 2 N–H and O–H groups in total. The van der Waals surface area contributed by atoms with E-state index in [-0.39, 0.29) is 10.6 Å². The Balaban J connectivity index is 3.24. The summed E-state index contributed by atoms with van der Waals surface area (Å²) in [5.41, 5.74) is 6.20. The summed E-state index contributed by atoms with van der Waals surface area (Å²) in [5, 5.41) is 0.246. The Morgan fingerprint density at radius 3 is 2.57 bits per heavy atom. The summed E-state index contributed by atoms with van der Waals surface area (Å²) >= 11 is 5.80. The molecule has 1 rings (SSSR count). The van der Waals surface area contributed by atoms with Crippen molar-refractivity contribution in [3.05, 3.63) is 22.7 Å². The highest BCUT2D eigenvalue weighted by atomic mass is 35.5. The molecule has 0 saturated heterocycles. The molecule has 0 saturated carbocycles. The number of halogens is 1. The number of nitrogens with two attached hydrogens (primary N) is 1. The van der Waals surface area contributed by atoms with Crippen LogP contribution in [-0.4, -0.2) is 20.2 Å². The molecule has 0 spiro atoms. The van der Waals surface area contributed by atoms with E-state index in [0.717, 1.165) is 0 Å². The summed E-state index contributed by atoms with van der Waals surface area (Å²) in [5.74, 6) is -0.122. The van der Waals surface area contributed by atoms with E-state index in [4.69, 9.17) is 22.1 Å². The van der Waals surface area contributed by atoms with Crippen LogP contribution in [0.3, 0.4) is 0 Å². The van der Waals surface area contributed by atoms with Crippen molar-refractivity contribution in [2.45, 2.75) is 0 Å². The van der Waals surface area contributed by atoms with Gasteiger partial charge in [0.1, 0.15) is 5.75 Å². The van der Waals surface area contributed by atoms with E-state index < -0.39 is 5.97 Å². The van der Waals surface area contributed by atoms with E-state index in [9.17, 15) is 4.79 Å². The maximum Gasteiger partial charge on any atom is 0.339 e. The molecule has 14 heavy (non-hydrogen) atoms. The normalized spacial score (nSPS) is 9.64. The fourth-order valence-electron chi connectivity index (χ4n) is 1.01. The summed E-state index contributed by atoms with van der Waals surface area (Å²) in [4.78, 5) is 11.2. The summed E-state index contributed by atoms with van der Waals surface area (Å²) in [7, 11) is 2.74. The minimum Gasteiger partial charge on any atom is -0.495 e. The van der Waals surface area contributed by atoms with Crippen LogP contribution in [0.1, 0.15) is 10.4 Å². The number of nitrogen functional groups attached to an aromatic ring is 1. The maximum absolute atomic E-state index is 11.2. The van der Waals surface area contributed by atoms with Gasteiger partial charge in [-0.05, 0) is 12.1 Å². The number of rotatable bonds is 2. The average molecular weight is 216 g/mol. The molecule has 0 aliphatic rings. The lowest BCUT2D eigenvalue weighted by Crippen LogP contribution is -2.04. The summed E-state index contributed by atoms with van der Waals surface area (Å²) in [6.07, 6.45) is 0. The molecule has 0 heterocycles. The first-order valence-electron chi connectivity index (χ1n) is 3.81. The zero-order valence-electron chi connectivity index (χ0n) is 7.83. The Morgan fingerprint density at radius 2 is 2.07 bits per heavy atom. The number of hydrogen-bond donors (Lipinski definition) is 1. The van der Waals surface area contributed by atoms with E-state index in [2.05, 4.69) is 4.74 Å². The summed E-state index contributed by atoms with van der Waals surface area (Å²) in [6.45, 7) is 0. The Hall–Kier alpha value is -1.42. The smallest absolute Gasteiger partial charge is 0.339 e. The van der Waals surface area contributed by atoms with Gasteiger partial charge in [-0.1, -0.05) is 11.6 Å². The first-order valence-corrected chi connectivity index (χ1v) is 4.19. The van der Waals surface area contributed by atoms with Gasteiger partial charge < -0.3 is 15.2 Å². The van der Waals surface area contributed by atoms with E-state index in [1.54, 1.807) is 0 Å². The number of ether oxygens (including phenoxy) is 2. The van der Waals surface area contributed by atoms with E-state index >= 15 is 0 Å². The highest BCUT2D eigenvalue weighted by Crippen LogP contribution is 2.29. The summed E-state index contributed by atoms with van der Waals surface area (Å²) < 4.78 is 9.48. The van der Waals surface area contributed by atoms with Crippen molar-refractivity contribution in [1.82, 2.24) is 0 Å². The third kappa shape index (κ3) is 1.90. The molecule has 0 aromatic heterocycles. The van der Waals surface area contributed by atoms with E-state index in [1.165, 1.54) is 26.4 Å². The number of carbonyl (C=O) groups is 1. The zero-order valence-corrected chi connectivity index (χ0v) is 8.59. The predicted octanol–water partition coefficient (Wildman–Crippen LogP) is 1.72. The van der Waals surface area contributed by atoms with Gasteiger partial charge in [-0.25, -0.2) is 4.79 Å². The number of benzene rings is 1. The van der Waals surface area contributed by atoms with Crippen LogP contribution < -0.4 is 10.5 Å². The number of hydrogen-bond acceptors (Lipinski definition) is 4. The molecule has 76 valence electrons. The topological polar surface area (TPSA) is 61.5 Å². The molecule has 5 heteroatoms. The van der Waals surface area contributed by atoms with Crippen molar-refractivity contribution < 1.29 is 14.3 Å². The lowest BCUT2D eigenvalue weighted by molar-refractivity contribution is 0.0600. The number of esters is 1. The lowest BCUT2D eigenvalue weighted by Gasteiger charge is -2.08. The van der Waals surface area contributed by atoms with Gasteiger partial charge in [0, 0.05) is 0 Å². The predicted molar refractivity (Wildman–Crippen MR) is 53.8 cm³/mol. The van der Waals surface area contributed by atoms with Crippen LogP contribution in [0, 0.1) is 0 Å². The highest BCUT2D eigenvalue weighted by molar-refractivity contribution is 6.34. The number of carbonyl (C=O) groups excluding carboxylic acids is 1. The van der Waals surface area contributed by atoms with Crippen molar-refractivity contribution in [1.29, 1.82) is 0 Å². The third-order valence-corrected chi connectivity index (χ3v) is 2.04. The monoisotopic (exact) mass is 215 g/mol. The molecule has 0 atom stereocenters. The van der Waals surface area contributed by atoms with Gasteiger partial charge in [-0.2, -0.15) is 0 Å². The molecule has 1 aromatic carbocycles. The molecule has 0 radical (unpaired) electrons. The first kappa shape index (κ1) is 10.7. The minimum atomic E-state index is -0.520. The van der Waals surface area contributed by atoms with Crippen molar-refractivity contribution in [2.75, 3.05) is 20.0 Å². The van der Waals surface area contributed by atoms with Gasteiger partial charge >= 0.3 is 5.97 Å². The Morgan fingerprint density at radius 1 is 1.43 bits per heavy atom. The van der Waals surface area contributed by atoms with Crippen LogP contribution in [0.5, 0.6) is 5.75 Å². The molecule has 1 aromatic rings. The summed E-state index contributed by atoms with van der Waals surface area (Å²) in [6, 6.07) is 2.90. The first-order chi connectivity index (χ1) is 6.60. The number of methoxy groups -OCH3 is 2. The van der Waals surface area contributed by atoms with Crippen LogP contribution >= 0.6 is 11.6 Å². The molecule has 0 aliphatic carbocycles. The largest absolute Gasteiger partial charge is 0.495 e. The molecule has 0 unspecified atom stereocenters. The van der Waals surface area contributed by atoms with Gasteiger partial charge in [0.25, 0.3) is 0 Å². The van der Waals surface area contributed by atoms with Crippen LogP contribution in [0.2, 0.25) is 5.02 Å². The second-order valence-corrected chi connectivity index (χ2v) is 2.97. The van der Waals surface area contributed by atoms with Crippen molar-refractivity contribution in [2.24, 2.45) is 0 Å². The second-order valence-electron chi connectivity index (χ2n) is 2.57. The van der Waals surface area contributed by atoms with Gasteiger partial charge in [0.05, 0.1) is 30.5 Å². The molecule has 0 bridgehead atoms. The SMILES string of the molecule is COC(=O)c1cc(OC)c(N)cc1Cl. The average Bonchev–Trinajstić information content (AvgIpc) is 2.17. The molecular formula is C9H10ClNO3. The Bertz CT molecular complexity index is 365. The van der Waals surface area contributed by atoms with E-state index in [1.807, 2.05) is 0 Å². The van der Waals surface area contributed by atoms with Crippen LogP contribution in [-0.2, 0) is 4.74 Å². The van der Waals surface area contributed by atoms with Crippen LogP contribution in [0.4, 0.5) is 5.69 Å². The van der Waals surface area contributed by atoms with Crippen molar-refractivity contribution in [3.63, 3.8) is 0 Å². The molecule has 4 nitrogen and oxygen atoms in total. The van der Waals surface area contributed by atoms with Crippen LogP contribution in [0.25, 0.3) is 0 Å². The third-order valence-electron chi connectivity index (χ3n) is 1.72. The van der Waals surface area contributed by atoms with Gasteiger partial charge in [0.15, 0.2) is 0 Å². The molecule has 0 fully saturated rings. The standard InChI is InChI=1S/C9H10ClNO3/c1-13-8-3-5(9(12)14-2)6(10)4-7(8)11/h3-4H,11H2,1-2H3. The van der Waals surface area contributed by atoms with E-state index in [0.29, 0.717) is 11.4 Å². The fourth-order valence-corrected chi connectivity index (χ4v) is 1.26. The Labute approximate surface area is 86.6 Å². The van der Waals surface area contributed by atoms with Crippen molar-refractivity contribution >= 4 is 23.3 Å². The molecule has 0 aliphatic heterocycles. The maximum atomic E-state index is 11.2. The zero-order chi connectivity index (χ0) is 10.7. The molecule has 0 amide bonds. The quantitative estimate of drug-likeness (QED) is 0.603. The second kappa shape index (κ2) is 4.19. The highest BCUT2D eigenvalue weighted by Gasteiger charge is 2.13. The van der Waals surface area contributed by atoms with Gasteiger partial charge in [-0.3, -0.25) is 0 Å². The van der Waals surface area contributed by atoms with Crippen molar-refractivity contribution in [3.8, 4) is 5.75 Å².